The Morgan fingerprint density at radius 2 is 1.69 bits per heavy atom. The Kier molecular flexibility index (Phi) is 2.96. The van der Waals surface area contributed by atoms with Crippen molar-refractivity contribution in [2.75, 3.05) is 19.5 Å². The second-order valence-corrected chi connectivity index (χ2v) is 1.86. The smallest absolute Gasteiger partial charge is 0.324 e. The second-order valence-electron chi connectivity index (χ2n) is 1.86. The van der Waals surface area contributed by atoms with Gasteiger partial charge in [-0.15, -0.1) is 4.98 Å². The largest absolute Gasteiger partial charge is 0.467 e. The van der Waals surface area contributed by atoms with E-state index in [0.29, 0.717) is 0 Å². The van der Waals surface area contributed by atoms with E-state index in [1.165, 1.54) is 20.6 Å². The van der Waals surface area contributed by atoms with Gasteiger partial charge in [-0.05, 0) is 0 Å². The molecule has 1 aromatic rings. The van der Waals surface area contributed by atoms with Crippen LogP contribution in [0.3, 0.4) is 0 Å². The first kappa shape index (κ1) is 9.17. The standard InChI is InChI=1S/C6H7N4O3/c1-12-5-8-4(7-3-11)9-6(10-5)13-2/h1-2H3,(H,7,8,9,10,11). The lowest BCUT2D eigenvalue weighted by atomic mass is 10.8. The van der Waals surface area contributed by atoms with Gasteiger partial charge in [0.05, 0.1) is 14.2 Å². The Balaban J connectivity index is 2.99. The van der Waals surface area contributed by atoms with Gasteiger partial charge in [0.25, 0.3) is 0 Å². The summed E-state index contributed by atoms with van der Waals surface area (Å²) in [7, 11) is 2.78. The Bertz CT molecular complexity index is 282. The van der Waals surface area contributed by atoms with Gasteiger partial charge in [-0.25, -0.2) is 0 Å². The molecule has 0 atom stereocenters. The lowest BCUT2D eigenvalue weighted by Crippen LogP contribution is -2.05. The number of anilines is 1. The maximum Gasteiger partial charge on any atom is 0.324 e. The summed E-state index contributed by atoms with van der Waals surface area (Å²) in [6.07, 6.45) is 1.42. The molecule has 7 nitrogen and oxygen atoms in total. The van der Waals surface area contributed by atoms with Crippen molar-refractivity contribution in [1.29, 1.82) is 0 Å². The third kappa shape index (κ3) is 2.26. The van der Waals surface area contributed by atoms with Gasteiger partial charge in [0, 0.05) is 0 Å². The summed E-state index contributed by atoms with van der Waals surface area (Å²) in [5.74, 6) is 0.0266. The molecule has 0 aliphatic carbocycles. The van der Waals surface area contributed by atoms with E-state index in [-0.39, 0.29) is 18.0 Å². The molecule has 1 amide bonds. The normalized spacial score (nSPS) is 9.08. The average molecular weight is 183 g/mol. The van der Waals surface area contributed by atoms with Crippen molar-refractivity contribution in [3.63, 3.8) is 0 Å². The van der Waals surface area contributed by atoms with Crippen molar-refractivity contribution < 1.29 is 14.3 Å². The average Bonchev–Trinajstić information content (AvgIpc) is 2.17. The Hall–Kier alpha value is -1.92. The summed E-state index contributed by atoms with van der Waals surface area (Å²) in [5, 5.41) is 2.13. The van der Waals surface area contributed by atoms with E-state index in [1.807, 2.05) is 0 Å². The topological polar surface area (TPSA) is 86.2 Å². The number of rotatable bonds is 4. The molecule has 0 unspecified atom stereocenters. The van der Waals surface area contributed by atoms with E-state index < -0.39 is 0 Å². The molecule has 0 aromatic carbocycles. The van der Waals surface area contributed by atoms with Crippen molar-refractivity contribution in [3.05, 3.63) is 0 Å². The molecule has 0 saturated carbocycles. The van der Waals surface area contributed by atoms with Gasteiger partial charge in [0.1, 0.15) is 0 Å². The van der Waals surface area contributed by atoms with Gasteiger partial charge in [0.15, 0.2) is 0 Å². The van der Waals surface area contributed by atoms with Crippen LogP contribution in [0.4, 0.5) is 5.95 Å². The first-order valence-electron chi connectivity index (χ1n) is 3.27. The van der Waals surface area contributed by atoms with Crippen molar-refractivity contribution in [2.24, 2.45) is 0 Å². The first-order valence-corrected chi connectivity index (χ1v) is 3.27. The second kappa shape index (κ2) is 4.19. The zero-order valence-electron chi connectivity index (χ0n) is 7.07. The molecule has 1 N–H and O–H groups in total. The minimum Gasteiger partial charge on any atom is -0.467 e. The van der Waals surface area contributed by atoms with Crippen LogP contribution >= 0.6 is 0 Å². The number of nitrogens with one attached hydrogen (secondary N) is 1. The fourth-order valence-corrected chi connectivity index (χ4v) is 0.622. The molecule has 0 saturated heterocycles. The summed E-state index contributed by atoms with van der Waals surface area (Å²) in [6, 6.07) is 0.120. The Morgan fingerprint density at radius 1 is 1.15 bits per heavy atom. The van der Waals surface area contributed by atoms with Crippen LogP contribution in [0.15, 0.2) is 0 Å². The number of methoxy groups -OCH3 is 2. The third-order valence-electron chi connectivity index (χ3n) is 1.12. The van der Waals surface area contributed by atoms with Gasteiger partial charge >= 0.3 is 18.4 Å². The SMILES string of the molecule is COc1nc(N[C]=O)nc(OC)n1. The molecule has 1 radical (unpaired) electrons. The fraction of sp³-hybridized carbons (Fsp3) is 0.333. The first-order chi connectivity index (χ1) is 6.30. The molecular formula is C6H7N4O3. The van der Waals surface area contributed by atoms with Crippen LogP contribution in [-0.2, 0) is 4.79 Å². The van der Waals surface area contributed by atoms with Gasteiger partial charge in [-0.3, -0.25) is 10.1 Å². The van der Waals surface area contributed by atoms with Crippen LogP contribution in [0, 0.1) is 0 Å². The molecule has 0 spiro atoms. The molecular weight excluding hydrogens is 176 g/mol. The fourth-order valence-electron chi connectivity index (χ4n) is 0.622. The molecule has 0 fully saturated rings. The summed E-state index contributed by atoms with van der Waals surface area (Å²) < 4.78 is 9.46. The number of nitrogens with zero attached hydrogens (tertiary/aromatic N) is 3. The zero-order valence-corrected chi connectivity index (χ0v) is 7.07. The molecule has 0 aliphatic rings. The van der Waals surface area contributed by atoms with E-state index in [2.05, 4.69) is 20.3 Å². The minimum absolute atomic E-state index is 0.0266. The number of aromatic nitrogens is 3. The predicted molar refractivity (Wildman–Crippen MR) is 42.2 cm³/mol. The molecule has 1 aromatic heterocycles. The molecule has 7 heteroatoms. The summed E-state index contributed by atoms with van der Waals surface area (Å²) in [4.78, 5) is 21.1. The van der Waals surface area contributed by atoms with Gasteiger partial charge in [-0.2, -0.15) is 9.97 Å². The van der Waals surface area contributed by atoms with Crippen molar-refractivity contribution in [3.8, 4) is 12.0 Å². The van der Waals surface area contributed by atoms with Crippen LogP contribution < -0.4 is 14.8 Å². The minimum atomic E-state index is 0.0266. The Morgan fingerprint density at radius 3 is 2.08 bits per heavy atom. The van der Waals surface area contributed by atoms with E-state index in [1.54, 1.807) is 0 Å². The molecule has 69 valence electrons. The predicted octanol–water partition coefficient (Wildman–Crippen LogP) is -0.632. The maximum absolute atomic E-state index is 9.96. The zero-order chi connectivity index (χ0) is 9.68. The van der Waals surface area contributed by atoms with E-state index in [0.717, 1.165) is 0 Å². The van der Waals surface area contributed by atoms with Crippen LogP contribution in [0.1, 0.15) is 0 Å². The summed E-state index contributed by atoms with van der Waals surface area (Å²) in [6.45, 7) is 0. The highest BCUT2D eigenvalue weighted by molar-refractivity contribution is 5.67. The van der Waals surface area contributed by atoms with Crippen molar-refractivity contribution >= 4 is 12.4 Å². The van der Waals surface area contributed by atoms with Gasteiger partial charge in [-0.1, -0.05) is 0 Å². The maximum atomic E-state index is 9.96. The molecule has 1 heterocycles. The quantitative estimate of drug-likeness (QED) is 0.625. The highest BCUT2D eigenvalue weighted by atomic mass is 16.5. The highest BCUT2D eigenvalue weighted by Crippen LogP contribution is 2.10. The van der Waals surface area contributed by atoms with E-state index in [9.17, 15) is 4.79 Å². The number of amides is 1. The van der Waals surface area contributed by atoms with Gasteiger partial charge in [0.2, 0.25) is 5.95 Å². The Labute approximate surface area is 74.1 Å². The number of carbonyl (C=O) groups excluding carboxylic acids is 1. The highest BCUT2D eigenvalue weighted by Gasteiger charge is 2.05. The molecule has 1 rings (SSSR count). The van der Waals surface area contributed by atoms with Gasteiger partial charge < -0.3 is 9.47 Å². The van der Waals surface area contributed by atoms with Crippen LogP contribution in [0.2, 0.25) is 0 Å². The lowest BCUT2D eigenvalue weighted by molar-refractivity contribution is 0.341. The van der Waals surface area contributed by atoms with Crippen molar-refractivity contribution in [1.82, 2.24) is 15.0 Å². The van der Waals surface area contributed by atoms with Crippen LogP contribution in [0.25, 0.3) is 0 Å². The molecule has 0 aliphatic heterocycles. The summed E-state index contributed by atoms with van der Waals surface area (Å²) in [5.41, 5.74) is 0. The lowest BCUT2D eigenvalue weighted by Gasteiger charge is -2.02. The third-order valence-corrected chi connectivity index (χ3v) is 1.12. The number of hydrogen-bond donors (Lipinski definition) is 1. The molecule has 13 heavy (non-hydrogen) atoms. The number of hydrogen-bond acceptors (Lipinski definition) is 6. The summed E-state index contributed by atoms with van der Waals surface area (Å²) >= 11 is 0. The van der Waals surface area contributed by atoms with Crippen LogP contribution in [-0.4, -0.2) is 35.6 Å². The number of ether oxygens (including phenoxy) is 2. The molecule has 0 bridgehead atoms. The van der Waals surface area contributed by atoms with Crippen LogP contribution in [0.5, 0.6) is 12.0 Å². The monoisotopic (exact) mass is 183 g/mol. The van der Waals surface area contributed by atoms with E-state index in [4.69, 9.17) is 9.47 Å². The van der Waals surface area contributed by atoms with Crippen molar-refractivity contribution in [2.45, 2.75) is 0 Å². The van der Waals surface area contributed by atoms with E-state index >= 15 is 0 Å².